The van der Waals surface area contributed by atoms with Crippen molar-refractivity contribution in [3.8, 4) is 6.07 Å². The van der Waals surface area contributed by atoms with Crippen molar-refractivity contribution in [1.29, 1.82) is 5.26 Å². The maximum atomic E-state index is 9.14. The molecule has 1 aromatic carbocycles. The lowest BCUT2D eigenvalue weighted by Gasteiger charge is -2.07. The van der Waals surface area contributed by atoms with Gasteiger partial charge in [0.15, 0.2) is 0 Å². The highest BCUT2D eigenvalue weighted by Crippen LogP contribution is 2.35. The van der Waals surface area contributed by atoms with Crippen molar-refractivity contribution in [2.45, 2.75) is 0 Å². The van der Waals surface area contributed by atoms with Crippen molar-refractivity contribution in [3.05, 3.63) is 33.2 Å². The van der Waals surface area contributed by atoms with Crippen LogP contribution in [0.4, 0.5) is 5.69 Å². The molecule has 104 valence electrons. The molecule has 0 bridgehead atoms. The quantitative estimate of drug-likeness (QED) is 0.572. The molecule has 0 amide bonds. The Hall–Kier alpha value is -2.25. The first-order valence-electron chi connectivity index (χ1n) is 5.62. The second-order valence-electron chi connectivity index (χ2n) is 3.92. The van der Waals surface area contributed by atoms with Crippen LogP contribution in [0.2, 0.25) is 0 Å². The van der Waals surface area contributed by atoms with Crippen molar-refractivity contribution in [1.82, 2.24) is 30.8 Å². The molecule has 0 saturated heterocycles. The molecule has 0 saturated carbocycles. The van der Waals surface area contributed by atoms with E-state index in [-0.39, 0.29) is 11.4 Å². The average Bonchev–Trinajstić information content (AvgIpc) is 3.13. The van der Waals surface area contributed by atoms with Crippen LogP contribution in [0, 0.1) is 11.3 Å². The molecule has 0 atom stereocenters. The van der Waals surface area contributed by atoms with Gasteiger partial charge in [-0.1, -0.05) is 0 Å². The lowest BCUT2D eigenvalue weighted by Crippen LogP contribution is -1.94. The van der Waals surface area contributed by atoms with E-state index in [4.69, 9.17) is 5.26 Å². The molecule has 0 spiro atoms. The predicted molar refractivity (Wildman–Crippen MR) is 82.9 cm³/mol. The van der Waals surface area contributed by atoms with Gasteiger partial charge in [-0.15, -0.1) is 10.2 Å². The van der Waals surface area contributed by atoms with Crippen molar-refractivity contribution < 1.29 is 0 Å². The number of nitrogens with one attached hydrogen (secondary N) is 3. The fraction of sp³-hybridized carbons (Fsp3) is 0. The van der Waals surface area contributed by atoms with Crippen LogP contribution in [0.3, 0.4) is 0 Å². The molecule has 0 aliphatic carbocycles. The Kier molecular flexibility index (Phi) is 3.68. The van der Waals surface area contributed by atoms with Crippen LogP contribution in [0.1, 0.15) is 5.82 Å². The van der Waals surface area contributed by atoms with Gasteiger partial charge in [0, 0.05) is 20.5 Å². The summed E-state index contributed by atoms with van der Waals surface area (Å²) in [5.41, 5.74) is 1.89. The number of hydrogen-bond acceptors (Lipinski definition) is 6. The van der Waals surface area contributed by atoms with E-state index >= 15 is 0 Å². The van der Waals surface area contributed by atoms with Crippen molar-refractivity contribution in [2.24, 2.45) is 0 Å². The van der Waals surface area contributed by atoms with Crippen LogP contribution in [0.5, 0.6) is 0 Å². The van der Waals surface area contributed by atoms with E-state index in [1.807, 2.05) is 12.1 Å². The molecule has 3 rings (SSSR count). The molecule has 3 N–H and O–H groups in total. The largest absolute Gasteiger partial charge is 0.359 e. The Morgan fingerprint density at radius 1 is 1.38 bits per heavy atom. The molecule has 21 heavy (non-hydrogen) atoms. The Labute approximate surface area is 134 Å². The highest BCUT2D eigenvalue weighted by Gasteiger charge is 2.12. The zero-order chi connectivity index (χ0) is 14.8. The summed E-state index contributed by atoms with van der Waals surface area (Å²) in [6.45, 7) is 0. The van der Waals surface area contributed by atoms with Gasteiger partial charge in [-0.05, 0) is 43.1 Å². The summed E-state index contributed by atoms with van der Waals surface area (Å²) in [6, 6.07) is 3.90. The van der Waals surface area contributed by atoms with Gasteiger partial charge in [0.1, 0.15) is 11.6 Å². The number of anilines is 1. The maximum absolute atomic E-state index is 9.14. The first-order valence-corrected chi connectivity index (χ1v) is 7.21. The predicted octanol–water partition coefficient (Wildman–Crippen LogP) is 2.58. The average molecular weight is 410 g/mol. The van der Waals surface area contributed by atoms with Gasteiger partial charge in [-0.25, -0.2) is 0 Å². The van der Waals surface area contributed by atoms with E-state index in [0.29, 0.717) is 0 Å². The van der Waals surface area contributed by atoms with Crippen LogP contribution in [-0.2, 0) is 0 Å². The highest BCUT2D eigenvalue weighted by atomic mass is 79.9. The summed E-state index contributed by atoms with van der Waals surface area (Å²) in [5.74, 6) is 0.224. The van der Waals surface area contributed by atoms with Gasteiger partial charge in [0.05, 0.1) is 17.4 Å². The fourth-order valence-electron chi connectivity index (χ4n) is 1.76. The van der Waals surface area contributed by atoms with Crippen molar-refractivity contribution >= 4 is 54.0 Å². The number of halogens is 2. The number of allylic oxidation sites excluding steroid dienone is 1. The maximum Gasteiger partial charge on any atom is 0.216 e. The molecule has 0 fully saturated rings. The zero-order valence-electron chi connectivity index (χ0n) is 10.2. The minimum Gasteiger partial charge on any atom is -0.359 e. The summed E-state index contributed by atoms with van der Waals surface area (Å²) in [4.78, 5) is 0. The third-order valence-electron chi connectivity index (χ3n) is 2.71. The number of aromatic nitrogens is 6. The smallest absolute Gasteiger partial charge is 0.216 e. The number of H-pyrrole nitrogens is 2. The molecule has 10 heteroatoms. The Morgan fingerprint density at radius 2 is 2.24 bits per heavy atom. The summed E-state index contributed by atoms with van der Waals surface area (Å²) >= 11 is 6.93. The van der Waals surface area contributed by atoms with E-state index in [9.17, 15) is 0 Å². The standard InChI is InChI=1S/C11H6Br2N8/c12-7-1-8(13)10-6(4-16-17-10)9(7)15-3-5(2-14)11-18-20-21-19-11/h1,3-4,15H,(H,16,17)(H,18,19,20,21). The second-order valence-corrected chi connectivity index (χ2v) is 5.63. The second kappa shape index (κ2) is 5.63. The third-order valence-corrected chi connectivity index (χ3v) is 3.96. The molecule has 2 heterocycles. The third kappa shape index (κ3) is 2.53. The molecule has 2 aromatic heterocycles. The monoisotopic (exact) mass is 408 g/mol. The number of fused-ring (bicyclic) bond motifs is 1. The van der Waals surface area contributed by atoms with E-state index < -0.39 is 0 Å². The van der Waals surface area contributed by atoms with E-state index in [2.05, 4.69) is 68.0 Å². The first-order chi connectivity index (χ1) is 10.2. The Bertz CT molecular complexity index is 858. The van der Waals surface area contributed by atoms with Crippen LogP contribution in [0.15, 0.2) is 27.4 Å². The van der Waals surface area contributed by atoms with Crippen molar-refractivity contribution in [2.75, 3.05) is 5.32 Å². The number of nitrogens with zero attached hydrogens (tertiary/aromatic N) is 5. The molecule has 8 nitrogen and oxygen atoms in total. The summed E-state index contributed by atoms with van der Waals surface area (Å²) < 4.78 is 1.71. The number of nitriles is 1. The summed E-state index contributed by atoms with van der Waals surface area (Å²) in [7, 11) is 0. The van der Waals surface area contributed by atoms with E-state index in [1.165, 1.54) is 6.20 Å². The molecule has 0 unspecified atom stereocenters. The Morgan fingerprint density at radius 3 is 2.95 bits per heavy atom. The lowest BCUT2D eigenvalue weighted by atomic mass is 10.2. The normalized spacial score (nSPS) is 11.6. The van der Waals surface area contributed by atoms with Gasteiger partial charge in [0.2, 0.25) is 5.82 Å². The number of benzene rings is 1. The van der Waals surface area contributed by atoms with Crippen LogP contribution in [0.25, 0.3) is 16.5 Å². The minimum absolute atomic E-state index is 0.224. The Balaban J connectivity index is 2.03. The molecular weight excluding hydrogens is 404 g/mol. The molecule has 0 radical (unpaired) electrons. The topological polar surface area (TPSA) is 119 Å². The molecule has 0 aliphatic heterocycles. The molecule has 0 aliphatic rings. The zero-order valence-corrected chi connectivity index (χ0v) is 13.4. The van der Waals surface area contributed by atoms with E-state index in [1.54, 1.807) is 6.20 Å². The van der Waals surface area contributed by atoms with Gasteiger partial charge in [-0.3, -0.25) is 5.10 Å². The fourth-order valence-corrected chi connectivity index (χ4v) is 3.15. The molecular formula is C11H6Br2N8. The molecule has 3 aromatic rings. The number of tetrazole rings is 1. The minimum atomic E-state index is 0.224. The van der Waals surface area contributed by atoms with Gasteiger partial charge in [-0.2, -0.15) is 15.6 Å². The first kappa shape index (κ1) is 13.7. The van der Waals surface area contributed by atoms with Crippen LogP contribution in [-0.4, -0.2) is 30.8 Å². The van der Waals surface area contributed by atoms with Gasteiger partial charge < -0.3 is 5.32 Å². The SMILES string of the molecule is N#CC(=CNc1c(Br)cc(Br)c2[nH]ncc12)c1nn[nH]n1. The van der Waals surface area contributed by atoms with Crippen LogP contribution >= 0.6 is 31.9 Å². The van der Waals surface area contributed by atoms with Crippen LogP contribution < -0.4 is 5.32 Å². The van der Waals surface area contributed by atoms with E-state index in [0.717, 1.165) is 25.5 Å². The summed E-state index contributed by atoms with van der Waals surface area (Å²) in [5, 5.41) is 33.3. The highest BCUT2D eigenvalue weighted by molar-refractivity contribution is 9.11. The number of aromatic amines is 2. The number of rotatable bonds is 3. The van der Waals surface area contributed by atoms with Gasteiger partial charge in [0.25, 0.3) is 0 Å². The lowest BCUT2D eigenvalue weighted by molar-refractivity contribution is 0.881. The number of hydrogen-bond donors (Lipinski definition) is 3. The van der Waals surface area contributed by atoms with Crippen molar-refractivity contribution in [3.63, 3.8) is 0 Å². The van der Waals surface area contributed by atoms with Gasteiger partial charge >= 0.3 is 0 Å². The summed E-state index contributed by atoms with van der Waals surface area (Å²) in [6.07, 6.45) is 3.21.